The summed E-state index contributed by atoms with van der Waals surface area (Å²) in [5.41, 5.74) is 1.43. The van der Waals surface area contributed by atoms with Crippen LogP contribution in [-0.2, 0) is 16.1 Å². The molecule has 0 unspecified atom stereocenters. The lowest BCUT2D eigenvalue weighted by Crippen LogP contribution is -2.32. The molecular weight excluding hydrogens is 347 g/mol. The number of benzene rings is 1. The average molecular weight is 366 g/mol. The second kappa shape index (κ2) is 8.90. The SMILES string of the molecule is C=C(C)[C@H](O)CC(=O)C[C@H](OCc1ccccc1)C(Cl)(Cl)Cl. The predicted octanol–water partition coefficient (Wildman–Crippen LogP) is 4.23. The van der Waals surface area contributed by atoms with Crippen molar-refractivity contribution < 1.29 is 14.6 Å². The zero-order chi connectivity index (χ0) is 16.8. The fourth-order valence-corrected chi connectivity index (χ4v) is 2.14. The minimum Gasteiger partial charge on any atom is -0.388 e. The first-order chi connectivity index (χ1) is 10.2. The molecule has 0 aliphatic rings. The summed E-state index contributed by atoms with van der Waals surface area (Å²) < 4.78 is 3.86. The van der Waals surface area contributed by atoms with Crippen LogP contribution in [0.25, 0.3) is 0 Å². The minimum atomic E-state index is -1.72. The summed E-state index contributed by atoms with van der Waals surface area (Å²) in [7, 11) is 0. The molecule has 3 nitrogen and oxygen atoms in total. The van der Waals surface area contributed by atoms with E-state index in [0.717, 1.165) is 5.56 Å². The summed E-state index contributed by atoms with van der Waals surface area (Å²) in [4.78, 5) is 12.0. The molecule has 0 saturated heterocycles. The van der Waals surface area contributed by atoms with E-state index in [-0.39, 0.29) is 25.2 Å². The lowest BCUT2D eigenvalue weighted by Gasteiger charge is -2.24. The fourth-order valence-electron chi connectivity index (χ4n) is 1.72. The number of hydrogen-bond acceptors (Lipinski definition) is 3. The fraction of sp³-hybridized carbons (Fsp3) is 0.438. The summed E-state index contributed by atoms with van der Waals surface area (Å²) in [5.74, 6) is -0.250. The van der Waals surface area contributed by atoms with Crippen LogP contribution < -0.4 is 0 Å². The highest BCUT2D eigenvalue weighted by molar-refractivity contribution is 6.68. The maximum atomic E-state index is 12.0. The molecule has 0 aliphatic carbocycles. The Bertz CT molecular complexity index is 497. The van der Waals surface area contributed by atoms with E-state index in [1.165, 1.54) is 0 Å². The molecule has 1 aromatic rings. The Hall–Kier alpha value is -0.580. The molecule has 1 rings (SSSR count). The maximum Gasteiger partial charge on any atom is 0.216 e. The Morgan fingerprint density at radius 3 is 2.36 bits per heavy atom. The molecule has 0 radical (unpaired) electrons. The van der Waals surface area contributed by atoms with Gasteiger partial charge in [0.15, 0.2) is 0 Å². The Labute approximate surface area is 145 Å². The molecule has 0 heterocycles. The molecule has 2 atom stereocenters. The van der Waals surface area contributed by atoms with Crippen LogP contribution in [0.15, 0.2) is 42.5 Å². The van der Waals surface area contributed by atoms with Gasteiger partial charge in [0.2, 0.25) is 3.79 Å². The van der Waals surface area contributed by atoms with E-state index in [1.807, 2.05) is 30.3 Å². The van der Waals surface area contributed by atoms with Gasteiger partial charge in [-0.1, -0.05) is 77.3 Å². The maximum absolute atomic E-state index is 12.0. The van der Waals surface area contributed by atoms with Gasteiger partial charge in [0.05, 0.1) is 12.7 Å². The van der Waals surface area contributed by atoms with Gasteiger partial charge >= 0.3 is 0 Å². The number of carbonyl (C=O) groups excluding carboxylic acids is 1. The molecule has 0 aromatic heterocycles. The molecule has 1 N–H and O–H groups in total. The molecule has 0 saturated carbocycles. The number of hydrogen-bond donors (Lipinski definition) is 1. The van der Waals surface area contributed by atoms with Gasteiger partial charge in [0.1, 0.15) is 11.9 Å². The van der Waals surface area contributed by atoms with E-state index in [9.17, 15) is 9.90 Å². The van der Waals surface area contributed by atoms with Gasteiger partial charge in [-0.25, -0.2) is 0 Å². The van der Waals surface area contributed by atoms with Gasteiger partial charge in [-0.2, -0.15) is 0 Å². The van der Waals surface area contributed by atoms with E-state index in [0.29, 0.717) is 5.57 Å². The highest BCUT2D eigenvalue weighted by atomic mass is 35.6. The van der Waals surface area contributed by atoms with E-state index >= 15 is 0 Å². The normalized spacial score (nSPS) is 14.4. The van der Waals surface area contributed by atoms with E-state index < -0.39 is 16.0 Å². The number of aliphatic hydroxyl groups excluding tert-OH is 1. The van der Waals surface area contributed by atoms with Crippen molar-refractivity contribution in [2.75, 3.05) is 0 Å². The van der Waals surface area contributed by atoms with Crippen molar-refractivity contribution in [3.05, 3.63) is 48.0 Å². The summed E-state index contributed by atoms with van der Waals surface area (Å²) in [5, 5.41) is 9.66. The van der Waals surface area contributed by atoms with Gasteiger partial charge in [-0.15, -0.1) is 0 Å². The van der Waals surface area contributed by atoms with E-state index in [2.05, 4.69) is 6.58 Å². The smallest absolute Gasteiger partial charge is 0.216 e. The zero-order valence-corrected chi connectivity index (χ0v) is 14.5. The molecule has 0 fully saturated rings. The number of rotatable bonds is 8. The molecule has 0 amide bonds. The first kappa shape index (κ1) is 19.5. The minimum absolute atomic E-state index is 0.0682. The third-order valence-corrected chi connectivity index (χ3v) is 3.79. The number of ether oxygens (including phenoxy) is 1. The first-order valence-corrected chi connectivity index (χ1v) is 7.91. The van der Waals surface area contributed by atoms with Crippen molar-refractivity contribution in [3.8, 4) is 0 Å². The number of halogens is 3. The molecular formula is C16H19Cl3O3. The van der Waals surface area contributed by atoms with Crippen LogP contribution in [0.2, 0.25) is 0 Å². The topological polar surface area (TPSA) is 46.5 Å². The van der Waals surface area contributed by atoms with Crippen molar-refractivity contribution in [1.29, 1.82) is 0 Å². The number of Topliss-reactive ketones (excluding diaryl/α,β-unsaturated/α-hetero) is 1. The van der Waals surface area contributed by atoms with Crippen molar-refractivity contribution in [2.24, 2.45) is 0 Å². The van der Waals surface area contributed by atoms with Crippen molar-refractivity contribution in [2.45, 2.75) is 42.4 Å². The first-order valence-electron chi connectivity index (χ1n) is 6.77. The van der Waals surface area contributed by atoms with E-state index in [4.69, 9.17) is 39.5 Å². The van der Waals surface area contributed by atoms with Crippen molar-refractivity contribution in [1.82, 2.24) is 0 Å². The number of aliphatic hydroxyl groups is 1. The van der Waals surface area contributed by atoms with Crippen LogP contribution in [0.5, 0.6) is 0 Å². The lowest BCUT2D eigenvalue weighted by atomic mass is 10.0. The van der Waals surface area contributed by atoms with Crippen molar-refractivity contribution in [3.63, 3.8) is 0 Å². The molecule has 6 heteroatoms. The molecule has 0 spiro atoms. The summed E-state index contributed by atoms with van der Waals surface area (Å²) in [6.45, 7) is 5.48. The van der Waals surface area contributed by atoms with Gasteiger partial charge in [-0.05, 0) is 12.5 Å². The summed E-state index contributed by atoms with van der Waals surface area (Å²) in [6, 6.07) is 9.39. The van der Waals surface area contributed by atoms with Crippen LogP contribution in [0, 0.1) is 0 Å². The number of ketones is 1. The van der Waals surface area contributed by atoms with Gasteiger partial charge in [-0.3, -0.25) is 4.79 Å². The van der Waals surface area contributed by atoms with Crippen LogP contribution in [0.3, 0.4) is 0 Å². The predicted molar refractivity (Wildman–Crippen MR) is 90.4 cm³/mol. The second-order valence-electron chi connectivity index (χ2n) is 5.14. The third-order valence-electron chi connectivity index (χ3n) is 3.06. The largest absolute Gasteiger partial charge is 0.388 e. The Balaban J connectivity index is 2.61. The lowest BCUT2D eigenvalue weighted by molar-refractivity contribution is -0.123. The number of alkyl halides is 3. The highest BCUT2D eigenvalue weighted by Crippen LogP contribution is 2.35. The highest BCUT2D eigenvalue weighted by Gasteiger charge is 2.35. The summed E-state index contributed by atoms with van der Waals surface area (Å²) >= 11 is 17.6. The third kappa shape index (κ3) is 7.12. The van der Waals surface area contributed by atoms with Crippen LogP contribution in [-0.4, -0.2) is 26.9 Å². The van der Waals surface area contributed by atoms with Crippen molar-refractivity contribution >= 4 is 40.6 Å². The summed E-state index contributed by atoms with van der Waals surface area (Å²) in [6.07, 6.45) is -1.94. The van der Waals surface area contributed by atoms with Crippen LogP contribution >= 0.6 is 34.8 Å². The Morgan fingerprint density at radius 2 is 1.86 bits per heavy atom. The van der Waals surface area contributed by atoms with Crippen LogP contribution in [0.1, 0.15) is 25.3 Å². The quantitative estimate of drug-likeness (QED) is 0.554. The monoisotopic (exact) mass is 364 g/mol. The second-order valence-corrected chi connectivity index (χ2v) is 7.50. The Kier molecular flexibility index (Phi) is 7.87. The molecule has 122 valence electrons. The average Bonchev–Trinajstić information content (AvgIpc) is 2.43. The Morgan fingerprint density at radius 1 is 1.27 bits per heavy atom. The van der Waals surface area contributed by atoms with Gasteiger partial charge in [0.25, 0.3) is 0 Å². The molecule has 22 heavy (non-hydrogen) atoms. The number of carbonyl (C=O) groups is 1. The molecule has 0 aliphatic heterocycles. The standard InChI is InChI=1S/C16H19Cl3O3/c1-11(2)14(21)8-13(20)9-15(16(17,18)19)22-10-12-6-4-3-5-7-12/h3-7,14-15,21H,1,8-10H2,2H3/t14-,15+/m1/s1. The molecule has 0 bridgehead atoms. The zero-order valence-electron chi connectivity index (χ0n) is 12.3. The van der Waals surface area contributed by atoms with Gasteiger partial charge in [0, 0.05) is 12.8 Å². The van der Waals surface area contributed by atoms with Gasteiger partial charge < -0.3 is 9.84 Å². The van der Waals surface area contributed by atoms with E-state index in [1.54, 1.807) is 6.92 Å². The molecule has 1 aromatic carbocycles. The van der Waals surface area contributed by atoms with Crippen LogP contribution in [0.4, 0.5) is 0 Å².